The van der Waals surface area contributed by atoms with Gasteiger partial charge in [-0.25, -0.2) is 9.59 Å². The minimum Gasteiger partial charge on any atom is -0.453 e. The normalized spacial score (nSPS) is 19.5. The Morgan fingerprint density at radius 2 is 0.985 bits per heavy atom. The Labute approximate surface area is 388 Å². The first-order chi connectivity index (χ1) is 31.9. The van der Waals surface area contributed by atoms with Crippen molar-refractivity contribution in [2.24, 2.45) is 21.8 Å². The molecule has 2 saturated heterocycles. The van der Waals surface area contributed by atoms with Crippen molar-refractivity contribution >= 4 is 46.8 Å². The molecule has 4 aromatic rings. The number of likely N-dealkylation sites (tertiary alicyclic amines) is 2. The van der Waals surface area contributed by atoms with Crippen molar-refractivity contribution in [3.8, 4) is 22.3 Å². The van der Waals surface area contributed by atoms with Crippen molar-refractivity contribution in [3.63, 3.8) is 0 Å². The molecule has 12 heteroatoms. The van der Waals surface area contributed by atoms with E-state index in [1.165, 1.54) is 69.9 Å². The lowest BCUT2D eigenvalue weighted by Gasteiger charge is -2.30. The fourth-order valence-electron chi connectivity index (χ4n) is 10.8. The van der Waals surface area contributed by atoms with Crippen LogP contribution in [0.1, 0.15) is 86.8 Å². The van der Waals surface area contributed by atoms with Crippen molar-refractivity contribution in [2.75, 3.05) is 27.3 Å². The summed E-state index contributed by atoms with van der Waals surface area (Å²) in [6.45, 7) is 9.04. The molecular formula is C54H62N6O6. The number of ether oxygens (including phenoxy) is 2. The van der Waals surface area contributed by atoms with Gasteiger partial charge in [0.05, 0.1) is 37.7 Å². The maximum Gasteiger partial charge on any atom is 0.407 e. The van der Waals surface area contributed by atoms with Gasteiger partial charge in [-0.15, -0.1) is 0 Å². The second-order valence-corrected chi connectivity index (χ2v) is 19.3. The van der Waals surface area contributed by atoms with Crippen LogP contribution in [-0.4, -0.2) is 96.7 Å². The lowest BCUT2D eigenvalue weighted by molar-refractivity contribution is -0.134. The Bertz CT molecular complexity index is 2450. The van der Waals surface area contributed by atoms with Crippen LogP contribution in [0.2, 0.25) is 0 Å². The number of rotatable bonds is 10. The van der Waals surface area contributed by atoms with Crippen LogP contribution >= 0.6 is 0 Å². The number of benzene rings is 4. The van der Waals surface area contributed by atoms with Crippen molar-refractivity contribution in [1.82, 2.24) is 20.4 Å². The van der Waals surface area contributed by atoms with Crippen molar-refractivity contribution in [3.05, 3.63) is 106 Å². The topological polar surface area (TPSA) is 142 Å². The summed E-state index contributed by atoms with van der Waals surface area (Å²) in [6.07, 6.45) is 7.29. The highest BCUT2D eigenvalue weighted by Crippen LogP contribution is 2.39. The van der Waals surface area contributed by atoms with Crippen LogP contribution in [0.4, 0.5) is 21.0 Å². The van der Waals surface area contributed by atoms with E-state index >= 15 is 0 Å². The summed E-state index contributed by atoms with van der Waals surface area (Å²) < 4.78 is 9.66. The molecule has 4 heterocycles. The zero-order chi connectivity index (χ0) is 46.2. The Hall–Kier alpha value is -6.30. The molecule has 344 valence electrons. The molecule has 4 amide bonds. The van der Waals surface area contributed by atoms with Gasteiger partial charge in [-0.05, 0) is 143 Å². The molecule has 4 aliphatic heterocycles. The first-order valence-corrected chi connectivity index (χ1v) is 23.8. The first kappa shape index (κ1) is 44.9. The number of hydrogen-bond donors (Lipinski definition) is 2. The monoisotopic (exact) mass is 890 g/mol. The third-order valence-electron chi connectivity index (χ3n) is 14.4. The summed E-state index contributed by atoms with van der Waals surface area (Å²) >= 11 is 0. The van der Waals surface area contributed by atoms with E-state index in [0.29, 0.717) is 25.9 Å². The third kappa shape index (κ3) is 8.98. The molecule has 0 aromatic heterocycles. The van der Waals surface area contributed by atoms with Gasteiger partial charge in [-0.2, -0.15) is 0 Å². The number of amides is 4. The number of nitrogens with zero attached hydrogens (tertiary/aromatic N) is 4. The average Bonchev–Trinajstić information content (AvgIpc) is 4.15. The summed E-state index contributed by atoms with van der Waals surface area (Å²) in [5.41, 5.74) is 16.5. The summed E-state index contributed by atoms with van der Waals surface area (Å²) in [7, 11) is 2.63. The number of hydrogen-bond acceptors (Lipinski definition) is 8. The lowest BCUT2D eigenvalue weighted by atomic mass is 9.87. The fraction of sp³-hybridized carbons (Fsp3) is 0.444. The van der Waals surface area contributed by atoms with E-state index in [9.17, 15) is 19.2 Å². The molecule has 0 radical (unpaired) electrons. The molecule has 66 heavy (non-hydrogen) atoms. The van der Waals surface area contributed by atoms with Gasteiger partial charge in [0.25, 0.3) is 0 Å². The molecule has 8 aliphatic rings. The molecule has 2 fully saturated rings. The van der Waals surface area contributed by atoms with Gasteiger partial charge in [-0.3, -0.25) is 19.6 Å². The molecular weight excluding hydrogens is 829 g/mol. The highest BCUT2D eigenvalue weighted by atomic mass is 16.5. The molecule has 4 aromatic carbocycles. The van der Waals surface area contributed by atoms with Gasteiger partial charge < -0.3 is 29.9 Å². The zero-order valence-corrected chi connectivity index (χ0v) is 39.1. The third-order valence-corrected chi connectivity index (χ3v) is 14.4. The highest BCUT2D eigenvalue weighted by molar-refractivity contribution is 6.02. The summed E-state index contributed by atoms with van der Waals surface area (Å²) in [4.78, 5) is 65.9. The van der Waals surface area contributed by atoms with E-state index in [1.54, 1.807) is 0 Å². The van der Waals surface area contributed by atoms with Crippen LogP contribution in [0.3, 0.4) is 0 Å². The number of alkyl carbamates (subject to hydrolysis) is 2. The van der Waals surface area contributed by atoms with Crippen LogP contribution in [0.5, 0.6) is 0 Å². The summed E-state index contributed by atoms with van der Waals surface area (Å²) in [6, 6.07) is 25.8. The predicted molar refractivity (Wildman–Crippen MR) is 258 cm³/mol. The van der Waals surface area contributed by atoms with Crippen molar-refractivity contribution in [1.29, 1.82) is 0 Å². The summed E-state index contributed by atoms with van der Waals surface area (Å²) in [5, 5.41) is 5.52. The number of carbonyl (C=O) groups is 4. The van der Waals surface area contributed by atoms with E-state index in [-0.39, 0.29) is 35.7 Å². The number of carbonyl (C=O) groups excluding carboxylic acids is 4. The Balaban J connectivity index is 0.895. The van der Waals surface area contributed by atoms with Gasteiger partial charge in [0.15, 0.2) is 0 Å². The first-order valence-electron chi connectivity index (χ1n) is 23.8. The molecule has 4 atom stereocenters. The zero-order valence-electron chi connectivity index (χ0n) is 39.1. The Morgan fingerprint density at radius 1 is 0.561 bits per heavy atom. The molecule has 4 aliphatic carbocycles. The van der Waals surface area contributed by atoms with Gasteiger partial charge in [0.1, 0.15) is 12.1 Å². The molecule has 4 bridgehead atoms. The molecule has 12 rings (SSSR count). The molecule has 2 unspecified atom stereocenters. The highest BCUT2D eigenvalue weighted by Gasteiger charge is 2.40. The van der Waals surface area contributed by atoms with Crippen LogP contribution < -0.4 is 10.6 Å². The molecule has 0 saturated carbocycles. The SMILES string of the molecule is COC(=O)NC(C(=O)N1CCCC1C1=Nc2ccc(-c3cc4ccc3CCc3ccc(c(-c5ccc6c(c5)CC([C@@H]5CCCN5C(=O)[C@@H](NC(=O)OC)C(C)C)=N6)c3)CC4)cc2C1)C(C)C. The number of aryl methyl sites for hydroxylation is 4. The Morgan fingerprint density at radius 3 is 1.38 bits per heavy atom. The van der Waals surface area contributed by atoms with Gasteiger partial charge >= 0.3 is 12.2 Å². The van der Waals surface area contributed by atoms with Crippen LogP contribution in [-0.2, 0) is 57.6 Å². The smallest absolute Gasteiger partial charge is 0.407 e. The average molecular weight is 891 g/mol. The lowest BCUT2D eigenvalue weighted by Crippen LogP contribution is -2.53. The van der Waals surface area contributed by atoms with Crippen molar-refractivity contribution in [2.45, 2.75) is 116 Å². The number of methoxy groups -OCH3 is 2. The second-order valence-electron chi connectivity index (χ2n) is 19.3. The molecule has 0 spiro atoms. The fourth-order valence-corrected chi connectivity index (χ4v) is 10.8. The van der Waals surface area contributed by atoms with Gasteiger partial charge in [0.2, 0.25) is 11.8 Å². The quantitative estimate of drug-likeness (QED) is 0.163. The van der Waals surface area contributed by atoms with E-state index in [1.807, 2.05) is 37.5 Å². The van der Waals surface area contributed by atoms with Gasteiger partial charge in [-0.1, -0.05) is 76.2 Å². The number of aliphatic imine (C=N–C) groups is 2. The van der Waals surface area contributed by atoms with Crippen molar-refractivity contribution < 1.29 is 28.7 Å². The molecule has 12 nitrogen and oxygen atoms in total. The van der Waals surface area contributed by atoms with E-state index < -0.39 is 24.3 Å². The van der Waals surface area contributed by atoms with E-state index in [0.717, 1.165) is 74.2 Å². The Kier molecular flexibility index (Phi) is 12.8. The summed E-state index contributed by atoms with van der Waals surface area (Å²) in [5.74, 6) is -0.338. The number of nitrogens with one attached hydrogen (secondary N) is 2. The minimum atomic E-state index is -0.662. The van der Waals surface area contributed by atoms with Crippen LogP contribution in [0.25, 0.3) is 22.3 Å². The maximum absolute atomic E-state index is 13.8. The van der Waals surface area contributed by atoms with E-state index in [2.05, 4.69) is 83.4 Å². The largest absolute Gasteiger partial charge is 0.453 e. The second kappa shape index (κ2) is 18.9. The number of fused-ring (bicyclic) bond motifs is 2. The van der Waals surface area contributed by atoms with E-state index in [4.69, 9.17) is 19.5 Å². The minimum absolute atomic E-state index is 0.0834. The van der Waals surface area contributed by atoms with Crippen LogP contribution in [0, 0.1) is 11.8 Å². The maximum atomic E-state index is 13.8. The predicted octanol–water partition coefficient (Wildman–Crippen LogP) is 8.90. The standard InChI is InChI=1S/C54H62N6O6/c1-31(2)49(57-53(63)65-5)51(61)59-23-7-9-47(59)45-29-39-27-37(19-21-43(39)55-45)41-25-33-11-15-35(41)17-13-34-12-16-36(18-14-33)42(26-34)38-20-22-44-40(28-38)30-46(56-44)48-10-8-24-60(48)52(62)50(32(3)4)58-54(64)66-6/h11-12,15-16,19-22,25-28,31-32,47-50H,7-10,13-14,17-18,23-24,29-30H2,1-6H3,(H,57,63)(H,58,64)/t47-,48?,49-,50?/m0/s1. The molecule has 2 N–H and O–H groups in total. The van der Waals surface area contributed by atoms with Crippen LogP contribution in [0.15, 0.2) is 82.8 Å². The van der Waals surface area contributed by atoms with Gasteiger partial charge in [0, 0.05) is 37.4 Å².